The van der Waals surface area contributed by atoms with E-state index in [4.69, 9.17) is 4.42 Å². The molecule has 1 fully saturated rings. The van der Waals surface area contributed by atoms with Gasteiger partial charge in [0.15, 0.2) is 0 Å². The van der Waals surface area contributed by atoms with E-state index < -0.39 is 0 Å². The predicted molar refractivity (Wildman–Crippen MR) is 104 cm³/mol. The van der Waals surface area contributed by atoms with Crippen molar-refractivity contribution in [2.24, 2.45) is 5.92 Å². The molecule has 0 unspecified atom stereocenters. The van der Waals surface area contributed by atoms with Gasteiger partial charge in [0.1, 0.15) is 5.76 Å². The zero-order valence-electron chi connectivity index (χ0n) is 15.7. The molecule has 1 aromatic carbocycles. The Bertz CT molecular complexity index is 750. The lowest BCUT2D eigenvalue weighted by Crippen LogP contribution is -2.43. The highest BCUT2D eigenvalue weighted by atomic mass is 16.3. The first-order valence-electron chi connectivity index (χ1n) is 9.56. The molecule has 144 valence electrons. The fourth-order valence-corrected chi connectivity index (χ4v) is 3.43. The predicted octanol–water partition coefficient (Wildman–Crippen LogP) is 2.81. The Morgan fingerprint density at radius 2 is 1.93 bits per heavy atom. The number of amides is 2. The fraction of sp³-hybridized carbons (Fsp3) is 0.429. The van der Waals surface area contributed by atoms with E-state index in [1.165, 1.54) is 0 Å². The van der Waals surface area contributed by atoms with Crippen molar-refractivity contribution < 1.29 is 14.0 Å². The summed E-state index contributed by atoms with van der Waals surface area (Å²) in [5, 5.41) is 5.93. The highest BCUT2D eigenvalue weighted by Crippen LogP contribution is 2.19. The fourth-order valence-electron chi connectivity index (χ4n) is 3.43. The monoisotopic (exact) mass is 369 g/mol. The van der Waals surface area contributed by atoms with Gasteiger partial charge in [0.2, 0.25) is 11.8 Å². The van der Waals surface area contributed by atoms with Gasteiger partial charge >= 0.3 is 0 Å². The largest absolute Gasteiger partial charge is 0.467 e. The van der Waals surface area contributed by atoms with Gasteiger partial charge in [0, 0.05) is 11.6 Å². The Morgan fingerprint density at radius 1 is 1.15 bits per heavy atom. The normalized spacial score (nSPS) is 15.4. The summed E-state index contributed by atoms with van der Waals surface area (Å²) in [6, 6.07) is 11.5. The Balaban J connectivity index is 1.41. The zero-order chi connectivity index (χ0) is 19.1. The molecule has 6 nitrogen and oxygen atoms in total. The molecule has 1 saturated heterocycles. The number of aryl methyl sites for hydroxylation is 1. The smallest absolute Gasteiger partial charge is 0.238 e. The molecule has 0 aliphatic carbocycles. The number of nitrogens with one attached hydrogen (secondary N) is 2. The van der Waals surface area contributed by atoms with Crippen LogP contribution in [0, 0.1) is 5.92 Å². The molecule has 2 amide bonds. The average Bonchev–Trinajstić information content (AvgIpc) is 3.20. The third-order valence-corrected chi connectivity index (χ3v) is 5.01. The third kappa shape index (κ3) is 5.44. The molecule has 1 aliphatic heterocycles. The van der Waals surface area contributed by atoms with E-state index >= 15 is 0 Å². The summed E-state index contributed by atoms with van der Waals surface area (Å²) in [7, 11) is 0. The molecule has 0 bridgehead atoms. The number of carbonyl (C=O) groups excluding carboxylic acids is 2. The Labute approximate surface area is 159 Å². The quantitative estimate of drug-likeness (QED) is 0.787. The number of nitrogens with zero attached hydrogens (tertiary/aromatic N) is 1. The highest BCUT2D eigenvalue weighted by molar-refractivity contribution is 5.93. The zero-order valence-corrected chi connectivity index (χ0v) is 15.7. The van der Waals surface area contributed by atoms with E-state index in [0.717, 1.165) is 49.4 Å². The molecule has 2 aromatic rings. The SMILES string of the molecule is CCc1ccccc1NC(=O)CN1CCC(C(=O)NCc2ccco2)CC1. The molecule has 1 aliphatic rings. The van der Waals surface area contributed by atoms with Crippen molar-refractivity contribution in [3.8, 4) is 0 Å². The van der Waals surface area contributed by atoms with Crippen LogP contribution in [-0.2, 0) is 22.6 Å². The van der Waals surface area contributed by atoms with Crippen LogP contribution in [0.5, 0.6) is 0 Å². The molecule has 6 heteroatoms. The maximum Gasteiger partial charge on any atom is 0.238 e. The van der Waals surface area contributed by atoms with E-state index in [0.29, 0.717) is 13.1 Å². The summed E-state index contributed by atoms with van der Waals surface area (Å²) in [6.07, 6.45) is 4.02. The lowest BCUT2D eigenvalue weighted by molar-refractivity contribution is -0.126. The van der Waals surface area contributed by atoms with E-state index in [1.807, 2.05) is 36.4 Å². The van der Waals surface area contributed by atoms with Crippen molar-refractivity contribution in [1.82, 2.24) is 10.2 Å². The van der Waals surface area contributed by atoms with Gasteiger partial charge < -0.3 is 15.1 Å². The topological polar surface area (TPSA) is 74.6 Å². The van der Waals surface area contributed by atoms with Crippen molar-refractivity contribution in [1.29, 1.82) is 0 Å². The van der Waals surface area contributed by atoms with Gasteiger partial charge in [-0.25, -0.2) is 0 Å². The number of rotatable bonds is 7. The highest BCUT2D eigenvalue weighted by Gasteiger charge is 2.26. The van der Waals surface area contributed by atoms with Crippen LogP contribution in [0.4, 0.5) is 5.69 Å². The van der Waals surface area contributed by atoms with E-state index in [9.17, 15) is 9.59 Å². The molecule has 2 heterocycles. The molecule has 0 radical (unpaired) electrons. The first kappa shape index (κ1) is 19.2. The number of piperidine rings is 1. The summed E-state index contributed by atoms with van der Waals surface area (Å²) in [4.78, 5) is 26.8. The number of para-hydroxylation sites is 1. The molecular weight excluding hydrogens is 342 g/mol. The molecule has 27 heavy (non-hydrogen) atoms. The van der Waals surface area contributed by atoms with Crippen molar-refractivity contribution >= 4 is 17.5 Å². The van der Waals surface area contributed by atoms with Crippen molar-refractivity contribution in [2.75, 3.05) is 25.0 Å². The molecule has 2 N–H and O–H groups in total. The Kier molecular flexibility index (Phi) is 6.65. The lowest BCUT2D eigenvalue weighted by Gasteiger charge is -2.30. The Hall–Kier alpha value is -2.60. The number of anilines is 1. The molecule has 0 atom stereocenters. The number of benzene rings is 1. The number of hydrogen-bond donors (Lipinski definition) is 2. The second kappa shape index (κ2) is 9.37. The van der Waals surface area contributed by atoms with Crippen molar-refractivity contribution in [2.45, 2.75) is 32.7 Å². The summed E-state index contributed by atoms with van der Waals surface area (Å²) in [6.45, 7) is 4.36. The lowest BCUT2D eigenvalue weighted by atomic mass is 9.96. The van der Waals surface area contributed by atoms with Crippen LogP contribution in [0.3, 0.4) is 0 Å². The van der Waals surface area contributed by atoms with E-state index in [-0.39, 0.29) is 17.7 Å². The van der Waals surface area contributed by atoms with Crippen LogP contribution in [-0.4, -0.2) is 36.3 Å². The van der Waals surface area contributed by atoms with E-state index in [2.05, 4.69) is 22.5 Å². The number of carbonyl (C=O) groups is 2. The Morgan fingerprint density at radius 3 is 2.63 bits per heavy atom. The van der Waals surface area contributed by atoms with Gasteiger partial charge in [-0.1, -0.05) is 25.1 Å². The van der Waals surface area contributed by atoms with Gasteiger partial charge in [-0.15, -0.1) is 0 Å². The van der Waals surface area contributed by atoms with Crippen LogP contribution < -0.4 is 10.6 Å². The second-order valence-electron chi connectivity index (χ2n) is 6.91. The van der Waals surface area contributed by atoms with Crippen LogP contribution in [0.2, 0.25) is 0 Å². The van der Waals surface area contributed by atoms with Crippen molar-refractivity contribution in [3.63, 3.8) is 0 Å². The van der Waals surface area contributed by atoms with E-state index in [1.54, 1.807) is 6.26 Å². The number of hydrogen-bond acceptors (Lipinski definition) is 4. The average molecular weight is 369 g/mol. The first-order valence-corrected chi connectivity index (χ1v) is 9.56. The van der Waals surface area contributed by atoms with Gasteiger partial charge in [0.25, 0.3) is 0 Å². The summed E-state index contributed by atoms with van der Waals surface area (Å²) in [5.41, 5.74) is 2.02. The molecule has 0 spiro atoms. The van der Waals surface area contributed by atoms with Gasteiger partial charge in [-0.2, -0.15) is 0 Å². The third-order valence-electron chi connectivity index (χ3n) is 5.01. The molecule has 0 saturated carbocycles. The first-order chi connectivity index (χ1) is 13.2. The van der Waals surface area contributed by atoms with Crippen LogP contribution in [0.25, 0.3) is 0 Å². The standard InChI is InChI=1S/C21H27N3O3/c1-2-16-6-3-4-8-19(16)23-20(25)15-24-11-9-17(10-12-24)21(26)22-14-18-7-5-13-27-18/h3-8,13,17H,2,9-12,14-15H2,1H3,(H,22,26)(H,23,25). The van der Waals surface area contributed by atoms with Crippen LogP contribution >= 0.6 is 0 Å². The van der Waals surface area contributed by atoms with Crippen LogP contribution in [0.1, 0.15) is 31.1 Å². The van der Waals surface area contributed by atoms with Gasteiger partial charge in [0.05, 0.1) is 19.4 Å². The number of furan rings is 1. The summed E-state index contributed by atoms with van der Waals surface area (Å²) < 4.78 is 5.23. The summed E-state index contributed by atoms with van der Waals surface area (Å²) in [5.74, 6) is 0.814. The van der Waals surface area contributed by atoms with Gasteiger partial charge in [-0.05, 0) is 56.1 Å². The van der Waals surface area contributed by atoms with Crippen molar-refractivity contribution in [3.05, 3.63) is 54.0 Å². The summed E-state index contributed by atoms with van der Waals surface area (Å²) >= 11 is 0. The second-order valence-corrected chi connectivity index (χ2v) is 6.91. The molecular formula is C21H27N3O3. The van der Waals surface area contributed by atoms with Gasteiger partial charge in [-0.3, -0.25) is 14.5 Å². The maximum atomic E-state index is 12.4. The minimum Gasteiger partial charge on any atom is -0.467 e. The minimum atomic E-state index is -0.00313. The minimum absolute atomic E-state index is 0.0000841. The number of likely N-dealkylation sites (tertiary alicyclic amines) is 1. The van der Waals surface area contributed by atoms with Crippen LogP contribution in [0.15, 0.2) is 47.1 Å². The molecule has 3 rings (SSSR count). The molecule has 1 aromatic heterocycles. The maximum absolute atomic E-state index is 12.4.